The van der Waals surface area contributed by atoms with Crippen LogP contribution in [-0.2, 0) is 11.2 Å². The third-order valence-electron chi connectivity index (χ3n) is 3.14. The van der Waals surface area contributed by atoms with Crippen LogP contribution in [0.5, 0.6) is 0 Å². The molecule has 94 valence electrons. The number of ether oxygens (including phenoxy) is 1. The van der Waals surface area contributed by atoms with Gasteiger partial charge in [0.15, 0.2) is 0 Å². The summed E-state index contributed by atoms with van der Waals surface area (Å²) in [5.74, 6) is 7.76. The number of benzene rings is 1. The highest BCUT2D eigenvalue weighted by Crippen LogP contribution is 2.25. The molecule has 3 nitrogen and oxygen atoms in total. The van der Waals surface area contributed by atoms with Crippen molar-refractivity contribution in [3.05, 3.63) is 35.4 Å². The summed E-state index contributed by atoms with van der Waals surface area (Å²) in [4.78, 5) is 0. The molecule has 0 saturated carbocycles. The second kappa shape index (κ2) is 6.40. The molecule has 1 aromatic carbocycles. The van der Waals surface area contributed by atoms with Gasteiger partial charge in [-0.25, -0.2) is 0 Å². The van der Waals surface area contributed by atoms with Crippen LogP contribution in [0.2, 0.25) is 0 Å². The number of nitrogens with one attached hydrogen (secondary N) is 1. The van der Waals surface area contributed by atoms with Gasteiger partial charge in [0.25, 0.3) is 0 Å². The molecule has 0 aliphatic carbocycles. The van der Waals surface area contributed by atoms with Gasteiger partial charge in [0.2, 0.25) is 0 Å². The van der Waals surface area contributed by atoms with Gasteiger partial charge in [-0.15, -0.1) is 0 Å². The molecule has 0 radical (unpaired) electrons. The molecular formula is C13H20N2OS. The van der Waals surface area contributed by atoms with Crippen LogP contribution in [0.1, 0.15) is 24.1 Å². The van der Waals surface area contributed by atoms with Gasteiger partial charge < -0.3 is 4.74 Å². The Bertz CT molecular complexity index is 336. The number of thioether (sulfide) groups is 1. The molecule has 1 aliphatic rings. The van der Waals surface area contributed by atoms with Crippen molar-refractivity contribution in [3.8, 4) is 0 Å². The molecule has 1 heterocycles. The van der Waals surface area contributed by atoms with E-state index in [0.717, 1.165) is 24.5 Å². The third-order valence-corrected chi connectivity index (χ3v) is 4.16. The van der Waals surface area contributed by atoms with E-state index in [1.807, 2.05) is 11.8 Å². The molecule has 2 rings (SSSR count). The van der Waals surface area contributed by atoms with Crippen molar-refractivity contribution in [2.24, 2.45) is 5.84 Å². The average molecular weight is 252 g/mol. The molecule has 2 atom stereocenters. The first-order valence-electron chi connectivity index (χ1n) is 6.09. The van der Waals surface area contributed by atoms with Crippen LogP contribution in [0, 0.1) is 0 Å². The van der Waals surface area contributed by atoms with E-state index < -0.39 is 0 Å². The highest BCUT2D eigenvalue weighted by atomic mass is 32.2. The lowest BCUT2D eigenvalue weighted by atomic mass is 10.0. The van der Waals surface area contributed by atoms with Gasteiger partial charge >= 0.3 is 0 Å². The minimum atomic E-state index is 0.0914. The zero-order valence-electron chi connectivity index (χ0n) is 10.2. The SMILES string of the molecule is CCc1ccc(C(NN)C2CSCCO2)cc1. The highest BCUT2D eigenvalue weighted by Gasteiger charge is 2.25. The van der Waals surface area contributed by atoms with Crippen molar-refractivity contribution < 1.29 is 4.74 Å². The Morgan fingerprint density at radius 2 is 2.24 bits per heavy atom. The van der Waals surface area contributed by atoms with E-state index in [-0.39, 0.29) is 12.1 Å². The minimum absolute atomic E-state index is 0.0914. The number of hydrazine groups is 1. The molecule has 2 unspecified atom stereocenters. The topological polar surface area (TPSA) is 47.3 Å². The van der Waals surface area contributed by atoms with Gasteiger partial charge in [-0.05, 0) is 17.5 Å². The van der Waals surface area contributed by atoms with Crippen molar-refractivity contribution in [1.82, 2.24) is 5.43 Å². The van der Waals surface area contributed by atoms with Crippen LogP contribution in [-0.4, -0.2) is 24.2 Å². The monoisotopic (exact) mass is 252 g/mol. The first-order valence-corrected chi connectivity index (χ1v) is 7.25. The Morgan fingerprint density at radius 1 is 1.47 bits per heavy atom. The zero-order valence-corrected chi connectivity index (χ0v) is 11.0. The largest absolute Gasteiger partial charge is 0.374 e. The predicted molar refractivity (Wildman–Crippen MR) is 72.9 cm³/mol. The highest BCUT2D eigenvalue weighted by molar-refractivity contribution is 7.99. The van der Waals surface area contributed by atoms with Crippen LogP contribution in [0.4, 0.5) is 0 Å². The smallest absolute Gasteiger partial charge is 0.0873 e. The van der Waals surface area contributed by atoms with Crippen molar-refractivity contribution in [2.45, 2.75) is 25.5 Å². The molecule has 17 heavy (non-hydrogen) atoms. The summed E-state index contributed by atoms with van der Waals surface area (Å²) in [6.07, 6.45) is 1.24. The second-order valence-electron chi connectivity index (χ2n) is 4.22. The Balaban J connectivity index is 2.10. The Labute approximate surface area is 107 Å². The van der Waals surface area contributed by atoms with Gasteiger partial charge in [-0.3, -0.25) is 11.3 Å². The molecular weight excluding hydrogens is 232 g/mol. The zero-order chi connectivity index (χ0) is 12.1. The van der Waals surface area contributed by atoms with Crippen molar-refractivity contribution in [1.29, 1.82) is 0 Å². The van der Waals surface area contributed by atoms with E-state index in [4.69, 9.17) is 10.6 Å². The van der Waals surface area contributed by atoms with E-state index in [1.165, 1.54) is 11.1 Å². The summed E-state index contributed by atoms with van der Waals surface area (Å²) in [7, 11) is 0. The van der Waals surface area contributed by atoms with Crippen LogP contribution >= 0.6 is 11.8 Å². The predicted octanol–water partition coefficient (Wildman–Crippen LogP) is 1.89. The number of nitrogens with two attached hydrogens (primary N) is 1. The van der Waals surface area contributed by atoms with Crippen molar-refractivity contribution in [3.63, 3.8) is 0 Å². The van der Waals surface area contributed by atoms with Gasteiger partial charge in [0.1, 0.15) is 0 Å². The molecule has 1 saturated heterocycles. The molecule has 0 bridgehead atoms. The first kappa shape index (κ1) is 12.9. The fourth-order valence-corrected chi connectivity index (χ4v) is 2.98. The van der Waals surface area contributed by atoms with Crippen LogP contribution in [0.15, 0.2) is 24.3 Å². The van der Waals surface area contributed by atoms with Gasteiger partial charge in [-0.1, -0.05) is 31.2 Å². The average Bonchev–Trinajstić information content (AvgIpc) is 2.42. The molecule has 1 aromatic rings. The summed E-state index contributed by atoms with van der Waals surface area (Å²) in [5, 5.41) is 0. The fourth-order valence-electron chi connectivity index (χ4n) is 2.08. The second-order valence-corrected chi connectivity index (χ2v) is 5.37. The summed E-state index contributed by atoms with van der Waals surface area (Å²) in [5.41, 5.74) is 5.44. The molecule has 0 aromatic heterocycles. The van der Waals surface area contributed by atoms with Crippen LogP contribution < -0.4 is 11.3 Å². The van der Waals surface area contributed by atoms with Gasteiger partial charge in [0.05, 0.1) is 18.8 Å². The molecule has 3 N–H and O–H groups in total. The summed E-state index contributed by atoms with van der Waals surface area (Å²) in [6, 6.07) is 8.71. The molecule has 1 aliphatic heterocycles. The molecule has 1 fully saturated rings. The van der Waals surface area contributed by atoms with E-state index in [9.17, 15) is 0 Å². The number of aryl methyl sites for hydroxylation is 1. The number of hydrogen-bond acceptors (Lipinski definition) is 4. The maximum absolute atomic E-state index is 5.78. The third kappa shape index (κ3) is 3.22. The Morgan fingerprint density at radius 3 is 2.76 bits per heavy atom. The standard InChI is InChI=1S/C13H20N2OS/c1-2-10-3-5-11(6-4-10)13(15-14)12-9-17-8-7-16-12/h3-6,12-13,15H,2,7-9,14H2,1H3. The minimum Gasteiger partial charge on any atom is -0.374 e. The summed E-state index contributed by atoms with van der Waals surface area (Å²) >= 11 is 1.93. The molecule has 4 heteroatoms. The molecule has 0 amide bonds. The first-order chi connectivity index (χ1) is 8.35. The Hall–Kier alpha value is -0.550. The van der Waals surface area contributed by atoms with Gasteiger partial charge in [-0.2, -0.15) is 11.8 Å². The van der Waals surface area contributed by atoms with E-state index in [1.54, 1.807) is 0 Å². The number of rotatable bonds is 4. The van der Waals surface area contributed by atoms with Crippen LogP contribution in [0.25, 0.3) is 0 Å². The normalized spacial score (nSPS) is 22.4. The van der Waals surface area contributed by atoms with E-state index in [0.29, 0.717) is 0 Å². The van der Waals surface area contributed by atoms with Crippen molar-refractivity contribution >= 4 is 11.8 Å². The lowest BCUT2D eigenvalue weighted by Crippen LogP contribution is -2.41. The molecule has 0 spiro atoms. The lowest BCUT2D eigenvalue weighted by molar-refractivity contribution is 0.0468. The quantitative estimate of drug-likeness (QED) is 0.634. The number of hydrogen-bond donors (Lipinski definition) is 2. The maximum atomic E-state index is 5.78. The summed E-state index contributed by atoms with van der Waals surface area (Å²) in [6.45, 7) is 2.98. The lowest BCUT2D eigenvalue weighted by Gasteiger charge is -2.30. The fraction of sp³-hybridized carbons (Fsp3) is 0.538. The summed E-state index contributed by atoms with van der Waals surface area (Å²) < 4.78 is 5.78. The maximum Gasteiger partial charge on any atom is 0.0873 e. The Kier molecular flexibility index (Phi) is 4.86. The van der Waals surface area contributed by atoms with Crippen LogP contribution in [0.3, 0.4) is 0 Å². The van der Waals surface area contributed by atoms with Gasteiger partial charge in [0, 0.05) is 11.5 Å². The van der Waals surface area contributed by atoms with Crippen molar-refractivity contribution in [2.75, 3.05) is 18.1 Å². The van der Waals surface area contributed by atoms with E-state index >= 15 is 0 Å². The van der Waals surface area contributed by atoms with E-state index in [2.05, 4.69) is 36.6 Å².